The van der Waals surface area contributed by atoms with Crippen LogP contribution in [0.4, 0.5) is 0 Å². The lowest BCUT2D eigenvalue weighted by atomic mass is 10.2. The SMILES string of the molecule is Cl.OCCCCCNCc1ccccc1OCc1ccccc1Cl. The Bertz CT molecular complexity index is 593. The van der Waals surface area contributed by atoms with Gasteiger partial charge in [-0.05, 0) is 37.9 Å². The van der Waals surface area contributed by atoms with Crippen molar-refractivity contribution in [2.24, 2.45) is 0 Å². The number of aliphatic hydroxyl groups is 1. The van der Waals surface area contributed by atoms with E-state index < -0.39 is 0 Å². The standard InChI is InChI=1S/C19H24ClNO2.ClH/c20-18-10-4-2-9-17(18)15-23-19-11-5-3-8-16(19)14-21-12-6-1-7-13-22;/h2-5,8-11,21-22H,1,6-7,12-15H2;1H. The van der Waals surface area contributed by atoms with Crippen molar-refractivity contribution in [3.05, 3.63) is 64.7 Å². The third kappa shape index (κ3) is 7.10. The Kier molecular flexibility index (Phi) is 10.5. The van der Waals surface area contributed by atoms with Gasteiger partial charge < -0.3 is 15.2 Å². The molecule has 0 saturated heterocycles. The highest BCUT2D eigenvalue weighted by Crippen LogP contribution is 2.21. The number of rotatable bonds is 10. The number of unbranched alkanes of at least 4 members (excludes halogenated alkanes) is 2. The number of benzene rings is 2. The highest BCUT2D eigenvalue weighted by molar-refractivity contribution is 6.31. The summed E-state index contributed by atoms with van der Waals surface area (Å²) in [5, 5.41) is 12.9. The molecule has 2 N–H and O–H groups in total. The van der Waals surface area contributed by atoms with Gasteiger partial charge in [-0.25, -0.2) is 0 Å². The van der Waals surface area contributed by atoms with E-state index in [4.69, 9.17) is 21.4 Å². The number of hydrogen-bond acceptors (Lipinski definition) is 3. The molecule has 5 heteroatoms. The summed E-state index contributed by atoms with van der Waals surface area (Å²) in [6, 6.07) is 15.8. The van der Waals surface area contributed by atoms with Crippen molar-refractivity contribution in [3.8, 4) is 5.75 Å². The van der Waals surface area contributed by atoms with Crippen LogP contribution in [-0.2, 0) is 13.2 Å². The van der Waals surface area contributed by atoms with Crippen LogP contribution >= 0.6 is 24.0 Å². The molecule has 0 aliphatic heterocycles. The molecule has 3 nitrogen and oxygen atoms in total. The Morgan fingerprint density at radius 1 is 0.917 bits per heavy atom. The first kappa shape index (κ1) is 20.8. The topological polar surface area (TPSA) is 41.5 Å². The Hall–Kier alpha value is -1.26. The van der Waals surface area contributed by atoms with E-state index in [0.29, 0.717) is 6.61 Å². The molecule has 0 saturated carbocycles. The molecule has 0 spiro atoms. The average Bonchev–Trinajstić information content (AvgIpc) is 2.58. The van der Waals surface area contributed by atoms with E-state index in [1.807, 2.05) is 42.5 Å². The summed E-state index contributed by atoms with van der Waals surface area (Å²) in [6.45, 7) is 2.46. The van der Waals surface area contributed by atoms with Crippen LogP contribution in [0.15, 0.2) is 48.5 Å². The maximum absolute atomic E-state index is 8.76. The van der Waals surface area contributed by atoms with Gasteiger partial charge in [0.2, 0.25) is 0 Å². The van der Waals surface area contributed by atoms with Crippen molar-refractivity contribution in [3.63, 3.8) is 0 Å². The quantitative estimate of drug-likeness (QED) is 0.601. The van der Waals surface area contributed by atoms with Crippen LogP contribution < -0.4 is 10.1 Å². The average molecular weight is 370 g/mol. The van der Waals surface area contributed by atoms with Gasteiger partial charge in [0.15, 0.2) is 0 Å². The first-order chi connectivity index (χ1) is 11.3. The number of halogens is 2. The minimum atomic E-state index is 0. The first-order valence-corrected chi connectivity index (χ1v) is 8.44. The van der Waals surface area contributed by atoms with E-state index in [1.54, 1.807) is 0 Å². The third-order valence-corrected chi connectivity index (χ3v) is 4.01. The summed E-state index contributed by atoms with van der Waals surface area (Å²) in [7, 11) is 0. The van der Waals surface area contributed by atoms with E-state index >= 15 is 0 Å². The van der Waals surface area contributed by atoms with Crippen molar-refractivity contribution >= 4 is 24.0 Å². The Labute approximate surface area is 155 Å². The van der Waals surface area contributed by atoms with E-state index in [-0.39, 0.29) is 19.0 Å². The summed E-state index contributed by atoms with van der Waals surface area (Å²) < 4.78 is 5.94. The van der Waals surface area contributed by atoms with Crippen LogP contribution in [0, 0.1) is 0 Å². The second kappa shape index (κ2) is 12.2. The summed E-state index contributed by atoms with van der Waals surface area (Å²) in [4.78, 5) is 0. The normalized spacial score (nSPS) is 10.2. The molecule has 0 unspecified atom stereocenters. The van der Waals surface area contributed by atoms with Gasteiger partial charge >= 0.3 is 0 Å². The summed E-state index contributed by atoms with van der Waals surface area (Å²) in [5.41, 5.74) is 2.13. The van der Waals surface area contributed by atoms with Crippen molar-refractivity contribution in [1.29, 1.82) is 0 Å². The van der Waals surface area contributed by atoms with E-state index in [0.717, 1.165) is 54.3 Å². The molecule has 0 heterocycles. The Balaban J connectivity index is 0.00000288. The number of aliphatic hydroxyl groups excluding tert-OH is 1. The van der Waals surface area contributed by atoms with Gasteiger partial charge in [0.25, 0.3) is 0 Å². The molecule has 0 fully saturated rings. The molecule has 0 aromatic heterocycles. The number of ether oxygens (including phenoxy) is 1. The van der Waals surface area contributed by atoms with E-state index in [1.165, 1.54) is 0 Å². The lowest BCUT2D eigenvalue weighted by Gasteiger charge is -2.13. The fourth-order valence-electron chi connectivity index (χ4n) is 2.32. The van der Waals surface area contributed by atoms with Crippen LogP contribution in [-0.4, -0.2) is 18.3 Å². The van der Waals surface area contributed by atoms with Gasteiger partial charge in [-0.1, -0.05) is 48.0 Å². The molecule has 0 atom stereocenters. The molecule has 2 aromatic rings. The zero-order valence-electron chi connectivity index (χ0n) is 13.7. The van der Waals surface area contributed by atoms with Crippen LogP contribution in [0.2, 0.25) is 5.02 Å². The van der Waals surface area contributed by atoms with Crippen molar-refractivity contribution < 1.29 is 9.84 Å². The van der Waals surface area contributed by atoms with Crippen LogP contribution in [0.5, 0.6) is 5.75 Å². The molecule has 0 aliphatic carbocycles. The van der Waals surface area contributed by atoms with Gasteiger partial charge in [0.1, 0.15) is 12.4 Å². The fraction of sp³-hybridized carbons (Fsp3) is 0.368. The highest BCUT2D eigenvalue weighted by Gasteiger charge is 2.05. The largest absolute Gasteiger partial charge is 0.489 e. The Morgan fingerprint density at radius 2 is 1.62 bits per heavy atom. The van der Waals surface area contributed by atoms with Crippen LogP contribution in [0.25, 0.3) is 0 Å². The van der Waals surface area contributed by atoms with Crippen LogP contribution in [0.3, 0.4) is 0 Å². The van der Waals surface area contributed by atoms with Gasteiger partial charge in [0.05, 0.1) is 0 Å². The predicted octanol–water partition coefficient (Wildman–Crippen LogP) is 4.59. The van der Waals surface area contributed by atoms with Gasteiger partial charge in [-0.15, -0.1) is 12.4 Å². The Morgan fingerprint density at radius 3 is 2.38 bits per heavy atom. The molecule has 24 heavy (non-hydrogen) atoms. The fourth-order valence-corrected chi connectivity index (χ4v) is 2.51. The second-order valence-electron chi connectivity index (χ2n) is 5.45. The summed E-state index contributed by atoms with van der Waals surface area (Å²) >= 11 is 6.16. The molecular formula is C19H25Cl2NO2. The maximum Gasteiger partial charge on any atom is 0.124 e. The van der Waals surface area contributed by atoms with Crippen molar-refractivity contribution in [2.75, 3.05) is 13.2 Å². The lowest BCUT2D eigenvalue weighted by Crippen LogP contribution is -2.15. The number of hydrogen-bond donors (Lipinski definition) is 2. The number of para-hydroxylation sites is 1. The summed E-state index contributed by atoms with van der Waals surface area (Å²) in [5.74, 6) is 0.885. The monoisotopic (exact) mass is 369 g/mol. The molecule has 2 rings (SSSR count). The van der Waals surface area contributed by atoms with E-state index in [2.05, 4.69) is 11.4 Å². The maximum atomic E-state index is 8.76. The van der Waals surface area contributed by atoms with Crippen LogP contribution in [0.1, 0.15) is 30.4 Å². The third-order valence-electron chi connectivity index (χ3n) is 3.64. The zero-order chi connectivity index (χ0) is 16.3. The van der Waals surface area contributed by atoms with Gasteiger partial charge in [-0.2, -0.15) is 0 Å². The molecule has 132 valence electrons. The molecule has 0 amide bonds. The van der Waals surface area contributed by atoms with Gasteiger partial charge in [-0.3, -0.25) is 0 Å². The minimum Gasteiger partial charge on any atom is -0.489 e. The number of nitrogens with one attached hydrogen (secondary N) is 1. The molecule has 0 aliphatic rings. The molecule has 2 aromatic carbocycles. The minimum absolute atomic E-state index is 0. The van der Waals surface area contributed by atoms with Crippen molar-refractivity contribution in [1.82, 2.24) is 5.32 Å². The molecule has 0 bridgehead atoms. The molecule has 0 radical (unpaired) electrons. The van der Waals surface area contributed by atoms with E-state index in [9.17, 15) is 0 Å². The van der Waals surface area contributed by atoms with Crippen molar-refractivity contribution in [2.45, 2.75) is 32.4 Å². The highest BCUT2D eigenvalue weighted by atomic mass is 35.5. The predicted molar refractivity (Wildman–Crippen MR) is 102 cm³/mol. The van der Waals surface area contributed by atoms with Gasteiger partial charge in [0, 0.05) is 29.3 Å². The lowest BCUT2D eigenvalue weighted by molar-refractivity contribution is 0.282. The first-order valence-electron chi connectivity index (χ1n) is 8.07. The summed E-state index contributed by atoms with van der Waals surface area (Å²) in [6.07, 6.45) is 3.00. The second-order valence-corrected chi connectivity index (χ2v) is 5.86. The zero-order valence-corrected chi connectivity index (χ0v) is 15.3. The smallest absolute Gasteiger partial charge is 0.124 e. The molecular weight excluding hydrogens is 345 g/mol.